The van der Waals surface area contributed by atoms with Gasteiger partial charge in [0.05, 0.1) is 19.1 Å². The lowest BCUT2D eigenvalue weighted by Gasteiger charge is -2.08. The van der Waals surface area contributed by atoms with Crippen molar-refractivity contribution in [3.8, 4) is 11.5 Å². The van der Waals surface area contributed by atoms with Crippen LogP contribution in [-0.4, -0.2) is 36.4 Å². The second kappa shape index (κ2) is 5.63. The van der Waals surface area contributed by atoms with E-state index in [0.29, 0.717) is 20.7 Å². The van der Waals surface area contributed by atoms with Crippen LogP contribution in [0.1, 0.15) is 5.56 Å². The Morgan fingerprint density at radius 3 is 2.47 bits per heavy atom. The van der Waals surface area contributed by atoms with Gasteiger partial charge >= 0.3 is 0 Å². The van der Waals surface area contributed by atoms with Gasteiger partial charge in [-0.25, -0.2) is 0 Å². The number of carbonyl (C=O) groups is 1. The molecule has 1 fully saturated rings. The highest BCUT2D eigenvalue weighted by atomic mass is 32.2. The first kappa shape index (κ1) is 13.9. The first-order chi connectivity index (χ1) is 9.06. The van der Waals surface area contributed by atoms with E-state index in [0.717, 1.165) is 5.56 Å². The molecule has 4 nitrogen and oxygen atoms in total. The van der Waals surface area contributed by atoms with Crippen molar-refractivity contribution in [3.63, 3.8) is 0 Å². The summed E-state index contributed by atoms with van der Waals surface area (Å²) in [4.78, 5) is 14.0. The maximum atomic E-state index is 11.9. The summed E-state index contributed by atoms with van der Waals surface area (Å²) in [7, 11) is 4.83. The molecule has 1 amide bonds. The molecule has 0 N–H and O–H groups in total. The maximum Gasteiger partial charge on any atom is 0.265 e. The first-order valence-electron chi connectivity index (χ1n) is 5.50. The van der Waals surface area contributed by atoms with Gasteiger partial charge < -0.3 is 9.47 Å². The van der Waals surface area contributed by atoms with E-state index >= 15 is 0 Å². The number of carbonyl (C=O) groups excluding carboxylic acids is 1. The first-order valence-corrected chi connectivity index (χ1v) is 6.73. The number of amides is 1. The predicted molar refractivity (Wildman–Crippen MR) is 80.5 cm³/mol. The van der Waals surface area contributed by atoms with Gasteiger partial charge in [0.2, 0.25) is 0 Å². The molecule has 0 aliphatic carbocycles. The normalized spacial score (nSPS) is 17.2. The average molecular weight is 295 g/mol. The number of thioether (sulfide) groups is 1. The van der Waals surface area contributed by atoms with Crippen LogP contribution in [0.5, 0.6) is 11.5 Å². The summed E-state index contributed by atoms with van der Waals surface area (Å²) in [5.41, 5.74) is 0.867. The number of ether oxygens (including phenoxy) is 2. The number of rotatable bonds is 3. The number of hydrogen-bond acceptors (Lipinski definition) is 5. The van der Waals surface area contributed by atoms with Gasteiger partial charge in [0.15, 0.2) is 11.5 Å². The van der Waals surface area contributed by atoms with Gasteiger partial charge in [-0.15, -0.1) is 0 Å². The number of methoxy groups -OCH3 is 2. The molecular weight excluding hydrogens is 282 g/mol. The Balaban J connectivity index is 2.34. The summed E-state index contributed by atoms with van der Waals surface area (Å²) >= 11 is 6.38. The Labute approximate surface area is 121 Å². The number of thiocarbonyl (C=S) groups is 1. The van der Waals surface area contributed by atoms with Crippen LogP contribution in [-0.2, 0) is 4.79 Å². The molecule has 0 spiro atoms. The van der Waals surface area contributed by atoms with E-state index in [2.05, 4.69) is 0 Å². The SMILES string of the molecule is COc1ccc(/C=C2/SC(=S)N(C)C2=O)cc1OC. The van der Waals surface area contributed by atoms with Crippen molar-refractivity contribution in [2.24, 2.45) is 0 Å². The third-order valence-corrected chi connectivity index (χ3v) is 4.18. The Kier molecular flexibility index (Phi) is 4.11. The molecule has 0 saturated carbocycles. The van der Waals surface area contributed by atoms with Crippen LogP contribution in [0.15, 0.2) is 23.1 Å². The molecule has 0 radical (unpaired) electrons. The molecule has 100 valence electrons. The van der Waals surface area contributed by atoms with Crippen molar-refractivity contribution in [1.82, 2.24) is 4.90 Å². The lowest BCUT2D eigenvalue weighted by molar-refractivity contribution is -0.121. The van der Waals surface area contributed by atoms with E-state index in [1.54, 1.807) is 33.4 Å². The fraction of sp³-hybridized carbons (Fsp3) is 0.231. The molecule has 2 rings (SSSR count). The zero-order valence-electron chi connectivity index (χ0n) is 10.8. The van der Waals surface area contributed by atoms with E-state index in [4.69, 9.17) is 21.7 Å². The molecule has 0 aromatic heterocycles. The number of benzene rings is 1. The van der Waals surface area contributed by atoms with E-state index in [9.17, 15) is 4.79 Å². The second-order valence-corrected chi connectivity index (χ2v) is 5.53. The van der Waals surface area contributed by atoms with Gasteiger partial charge in [-0.2, -0.15) is 0 Å². The monoisotopic (exact) mass is 295 g/mol. The quantitative estimate of drug-likeness (QED) is 0.633. The molecule has 1 aliphatic rings. The molecule has 1 aromatic carbocycles. The zero-order chi connectivity index (χ0) is 14.0. The van der Waals surface area contributed by atoms with Crippen LogP contribution in [0.4, 0.5) is 0 Å². The summed E-state index contributed by atoms with van der Waals surface area (Å²) < 4.78 is 11.0. The fourth-order valence-electron chi connectivity index (χ4n) is 1.64. The van der Waals surface area contributed by atoms with Gasteiger partial charge in [0, 0.05) is 7.05 Å². The van der Waals surface area contributed by atoms with Crippen LogP contribution in [0.25, 0.3) is 6.08 Å². The van der Waals surface area contributed by atoms with Gasteiger partial charge in [0.1, 0.15) is 4.32 Å². The molecule has 19 heavy (non-hydrogen) atoms. The summed E-state index contributed by atoms with van der Waals surface area (Å²) in [6.45, 7) is 0. The van der Waals surface area contributed by atoms with E-state index in [-0.39, 0.29) is 5.91 Å². The molecular formula is C13H13NO3S2. The highest BCUT2D eigenvalue weighted by Crippen LogP contribution is 2.33. The van der Waals surface area contributed by atoms with Gasteiger partial charge in [-0.1, -0.05) is 30.0 Å². The van der Waals surface area contributed by atoms with Crippen molar-refractivity contribution in [3.05, 3.63) is 28.7 Å². The van der Waals surface area contributed by atoms with Gasteiger partial charge in [-0.3, -0.25) is 9.69 Å². The zero-order valence-corrected chi connectivity index (χ0v) is 12.4. The van der Waals surface area contributed by atoms with Crippen LogP contribution in [0.3, 0.4) is 0 Å². The van der Waals surface area contributed by atoms with Gasteiger partial charge in [0.25, 0.3) is 5.91 Å². The molecule has 1 aromatic rings. The van der Waals surface area contributed by atoms with Crippen LogP contribution in [0.2, 0.25) is 0 Å². The fourth-order valence-corrected chi connectivity index (χ4v) is 2.82. The highest BCUT2D eigenvalue weighted by molar-refractivity contribution is 8.26. The third kappa shape index (κ3) is 2.74. The van der Waals surface area contributed by atoms with Crippen molar-refractivity contribution in [1.29, 1.82) is 0 Å². The van der Waals surface area contributed by atoms with Crippen molar-refractivity contribution >= 4 is 40.3 Å². The largest absolute Gasteiger partial charge is 0.493 e. The van der Waals surface area contributed by atoms with Crippen LogP contribution >= 0.6 is 24.0 Å². The third-order valence-electron chi connectivity index (χ3n) is 2.69. The lowest BCUT2D eigenvalue weighted by atomic mass is 10.2. The van der Waals surface area contributed by atoms with Crippen LogP contribution < -0.4 is 9.47 Å². The molecule has 0 atom stereocenters. The standard InChI is InChI=1S/C13H13NO3S2/c1-14-12(15)11(19-13(14)18)7-8-4-5-9(16-2)10(6-8)17-3/h4-7H,1-3H3/b11-7+. The van der Waals surface area contributed by atoms with E-state index in [1.807, 2.05) is 12.1 Å². The summed E-state index contributed by atoms with van der Waals surface area (Å²) in [5.74, 6) is 1.20. The molecule has 0 bridgehead atoms. The Morgan fingerprint density at radius 1 is 1.26 bits per heavy atom. The lowest BCUT2D eigenvalue weighted by Crippen LogP contribution is -2.22. The Bertz CT molecular complexity index is 569. The molecule has 0 unspecified atom stereocenters. The Hall–Kier alpha value is -1.53. The topological polar surface area (TPSA) is 38.8 Å². The molecule has 1 aliphatic heterocycles. The Morgan fingerprint density at radius 2 is 1.95 bits per heavy atom. The summed E-state index contributed by atoms with van der Waals surface area (Å²) in [6, 6.07) is 5.49. The number of likely N-dealkylation sites (N-methyl/N-ethyl adjacent to an activating group) is 1. The number of nitrogens with zero attached hydrogens (tertiary/aromatic N) is 1. The maximum absolute atomic E-state index is 11.9. The minimum absolute atomic E-state index is 0.0789. The summed E-state index contributed by atoms with van der Waals surface area (Å²) in [5, 5.41) is 0. The van der Waals surface area contributed by atoms with Gasteiger partial charge in [-0.05, 0) is 23.8 Å². The van der Waals surface area contributed by atoms with Crippen molar-refractivity contribution in [2.75, 3.05) is 21.3 Å². The average Bonchev–Trinajstić information content (AvgIpc) is 2.66. The number of hydrogen-bond donors (Lipinski definition) is 0. The minimum atomic E-state index is -0.0789. The highest BCUT2D eigenvalue weighted by Gasteiger charge is 2.28. The smallest absolute Gasteiger partial charge is 0.265 e. The van der Waals surface area contributed by atoms with E-state index < -0.39 is 0 Å². The van der Waals surface area contributed by atoms with Crippen molar-refractivity contribution < 1.29 is 14.3 Å². The van der Waals surface area contributed by atoms with E-state index in [1.165, 1.54) is 16.7 Å². The second-order valence-electron chi connectivity index (χ2n) is 3.86. The summed E-state index contributed by atoms with van der Waals surface area (Å²) in [6.07, 6.45) is 1.80. The molecule has 1 heterocycles. The molecule has 1 saturated heterocycles. The van der Waals surface area contributed by atoms with Crippen LogP contribution in [0, 0.1) is 0 Å². The van der Waals surface area contributed by atoms with Crippen molar-refractivity contribution in [2.45, 2.75) is 0 Å². The molecule has 6 heteroatoms. The predicted octanol–water partition coefficient (Wildman–Crippen LogP) is 2.53. The minimum Gasteiger partial charge on any atom is -0.493 e.